The molecule has 2 aliphatic rings. The molecule has 4 rings (SSSR count). The maximum Gasteiger partial charge on any atom is 0.326 e. The number of fused-ring (bicyclic) bond motifs is 1. The van der Waals surface area contributed by atoms with Crippen LogP contribution >= 0.6 is 22.9 Å². The van der Waals surface area contributed by atoms with E-state index in [4.69, 9.17) is 22.1 Å². The Hall–Kier alpha value is -2.71. The first-order chi connectivity index (χ1) is 14.4. The minimum atomic E-state index is -1.05. The summed E-state index contributed by atoms with van der Waals surface area (Å²) in [5.74, 6) is -2.50. The first-order valence-electron chi connectivity index (χ1n) is 9.52. The summed E-state index contributed by atoms with van der Waals surface area (Å²) in [6, 6.07) is 4.55. The Morgan fingerprint density at radius 3 is 2.39 bits per heavy atom. The summed E-state index contributed by atoms with van der Waals surface area (Å²) in [6.45, 7) is 7.89. The Morgan fingerprint density at radius 1 is 1.23 bits per heavy atom. The second-order valence-electron chi connectivity index (χ2n) is 8.74. The van der Waals surface area contributed by atoms with E-state index in [2.05, 4.69) is 0 Å². The molecular weight excluding hydrogens is 443 g/mol. The second-order valence-corrected chi connectivity index (χ2v) is 10.1. The molecule has 1 fully saturated rings. The lowest BCUT2D eigenvalue weighted by Gasteiger charge is -2.13. The minimum absolute atomic E-state index is 0.0322. The highest BCUT2D eigenvalue weighted by atomic mass is 35.5. The largest absolute Gasteiger partial charge is 0.424 e. The number of nitrogens with two attached hydrogens (primary N) is 1. The number of benzene rings is 1. The predicted octanol–water partition coefficient (Wildman–Crippen LogP) is 5.06. The number of rotatable bonds is 3. The van der Waals surface area contributed by atoms with Gasteiger partial charge in [-0.25, -0.2) is 14.1 Å². The van der Waals surface area contributed by atoms with Gasteiger partial charge in [-0.15, -0.1) is 11.3 Å². The number of amides is 3. The Labute approximate surface area is 187 Å². The average molecular weight is 463 g/mol. The SMILES string of the molecule is CC1(C)C(C(=O)OC(=C2C(=O)N(C(N)=O)c3cc(Cl)c(F)cc32)c2cccs2)C1(C)C. The van der Waals surface area contributed by atoms with E-state index >= 15 is 0 Å². The van der Waals surface area contributed by atoms with Crippen LogP contribution in [0.4, 0.5) is 14.9 Å². The topological polar surface area (TPSA) is 89.7 Å². The van der Waals surface area contributed by atoms with Crippen molar-refractivity contribution in [2.45, 2.75) is 27.7 Å². The normalized spacial score (nSPS) is 20.5. The summed E-state index contributed by atoms with van der Waals surface area (Å²) < 4.78 is 20.1. The quantitative estimate of drug-likeness (QED) is 0.392. The van der Waals surface area contributed by atoms with E-state index in [1.165, 1.54) is 11.3 Å². The number of anilines is 1. The molecule has 0 unspecified atom stereocenters. The lowest BCUT2D eigenvalue weighted by atomic mass is 10.0. The predicted molar refractivity (Wildman–Crippen MR) is 117 cm³/mol. The maximum absolute atomic E-state index is 14.3. The van der Waals surface area contributed by atoms with Crippen molar-refractivity contribution in [2.24, 2.45) is 22.5 Å². The molecule has 1 aromatic heterocycles. The average Bonchev–Trinajstić information content (AvgIpc) is 3.09. The number of urea groups is 1. The fourth-order valence-corrected chi connectivity index (χ4v) is 5.14. The van der Waals surface area contributed by atoms with Crippen molar-refractivity contribution in [1.82, 2.24) is 0 Å². The smallest absolute Gasteiger partial charge is 0.326 e. The molecule has 3 amide bonds. The van der Waals surface area contributed by atoms with Crippen LogP contribution in [-0.2, 0) is 14.3 Å². The number of carbonyl (C=O) groups is 3. The molecular formula is C22H20ClFN2O4S. The standard InChI is InChI=1S/C22H20ClFN2O4S/c1-21(2)17(22(21,3)4)19(28)30-16(14-6-5-7-31-14)15-10-8-12(24)11(23)9-13(10)26(18(15)27)20(25)29/h5-9,17H,1-4H3,(H2,25,29). The highest BCUT2D eigenvalue weighted by molar-refractivity contribution is 7.11. The van der Waals surface area contributed by atoms with Crippen LogP contribution in [0.15, 0.2) is 29.6 Å². The second kappa shape index (κ2) is 6.90. The molecule has 1 aromatic carbocycles. The van der Waals surface area contributed by atoms with Crippen LogP contribution in [0.25, 0.3) is 11.3 Å². The van der Waals surface area contributed by atoms with Crippen molar-refractivity contribution >= 4 is 57.9 Å². The molecule has 6 nitrogen and oxygen atoms in total. The first kappa shape index (κ1) is 21.5. The van der Waals surface area contributed by atoms with E-state index < -0.39 is 23.7 Å². The zero-order valence-electron chi connectivity index (χ0n) is 17.3. The Balaban J connectivity index is 1.90. The van der Waals surface area contributed by atoms with E-state index in [0.717, 1.165) is 12.1 Å². The van der Waals surface area contributed by atoms with Gasteiger partial charge < -0.3 is 10.5 Å². The van der Waals surface area contributed by atoms with Crippen LogP contribution < -0.4 is 10.6 Å². The number of esters is 1. The van der Waals surface area contributed by atoms with E-state index in [9.17, 15) is 18.8 Å². The van der Waals surface area contributed by atoms with Gasteiger partial charge in [0.1, 0.15) is 5.82 Å². The molecule has 2 heterocycles. The number of hydrogen-bond donors (Lipinski definition) is 1. The van der Waals surface area contributed by atoms with Crippen molar-refractivity contribution in [3.63, 3.8) is 0 Å². The van der Waals surface area contributed by atoms with Gasteiger partial charge in [0.2, 0.25) is 0 Å². The minimum Gasteiger partial charge on any atom is -0.424 e. The summed E-state index contributed by atoms with van der Waals surface area (Å²) in [5.41, 5.74) is 4.84. The Bertz CT molecular complexity index is 1160. The van der Waals surface area contributed by atoms with Gasteiger partial charge in [-0.2, -0.15) is 0 Å². The fraction of sp³-hybridized carbons (Fsp3) is 0.318. The molecule has 1 aliphatic carbocycles. The van der Waals surface area contributed by atoms with Gasteiger partial charge in [-0.1, -0.05) is 45.4 Å². The summed E-state index contributed by atoms with van der Waals surface area (Å²) in [5, 5.41) is 1.49. The van der Waals surface area contributed by atoms with Gasteiger partial charge in [-0.3, -0.25) is 9.59 Å². The molecule has 0 spiro atoms. The van der Waals surface area contributed by atoms with Crippen LogP contribution in [0.1, 0.15) is 38.1 Å². The first-order valence-corrected chi connectivity index (χ1v) is 10.8. The molecule has 2 N–H and O–H groups in total. The van der Waals surface area contributed by atoms with Crippen LogP contribution in [0.3, 0.4) is 0 Å². The number of nitrogens with zero attached hydrogens (tertiary/aromatic N) is 1. The van der Waals surface area contributed by atoms with Crippen molar-refractivity contribution in [1.29, 1.82) is 0 Å². The number of ether oxygens (including phenoxy) is 1. The van der Waals surface area contributed by atoms with E-state index in [1.54, 1.807) is 17.5 Å². The zero-order chi connectivity index (χ0) is 22.9. The molecule has 162 valence electrons. The summed E-state index contributed by atoms with van der Waals surface area (Å²) in [4.78, 5) is 39.5. The lowest BCUT2D eigenvalue weighted by Crippen LogP contribution is -2.38. The third-order valence-electron chi connectivity index (χ3n) is 6.62. The summed E-state index contributed by atoms with van der Waals surface area (Å²) in [7, 11) is 0. The molecule has 0 atom stereocenters. The molecule has 1 saturated carbocycles. The third kappa shape index (κ3) is 3.08. The van der Waals surface area contributed by atoms with Crippen molar-refractivity contribution in [2.75, 3.05) is 4.90 Å². The number of thiophene rings is 1. The van der Waals surface area contributed by atoms with E-state index in [1.807, 2.05) is 27.7 Å². The molecule has 9 heteroatoms. The lowest BCUT2D eigenvalue weighted by molar-refractivity contribution is -0.139. The van der Waals surface area contributed by atoms with Gasteiger partial charge in [0.25, 0.3) is 5.91 Å². The zero-order valence-corrected chi connectivity index (χ0v) is 18.9. The van der Waals surface area contributed by atoms with Crippen LogP contribution in [0, 0.1) is 22.6 Å². The highest BCUT2D eigenvalue weighted by Gasteiger charge is 2.69. The van der Waals surface area contributed by atoms with Gasteiger partial charge in [-0.05, 0) is 34.4 Å². The molecule has 0 radical (unpaired) electrons. The van der Waals surface area contributed by atoms with E-state index in [0.29, 0.717) is 9.78 Å². The summed E-state index contributed by atoms with van der Waals surface area (Å²) >= 11 is 7.11. The van der Waals surface area contributed by atoms with Crippen LogP contribution in [0.2, 0.25) is 5.02 Å². The van der Waals surface area contributed by atoms with Crippen molar-refractivity contribution in [3.05, 3.63) is 50.9 Å². The Kier molecular flexibility index (Phi) is 4.79. The monoisotopic (exact) mass is 462 g/mol. The molecule has 2 aromatic rings. The highest BCUT2D eigenvalue weighted by Crippen LogP contribution is 2.69. The number of halogens is 2. The van der Waals surface area contributed by atoms with Crippen molar-refractivity contribution < 1.29 is 23.5 Å². The molecule has 31 heavy (non-hydrogen) atoms. The Morgan fingerprint density at radius 2 is 1.87 bits per heavy atom. The number of hydrogen-bond acceptors (Lipinski definition) is 5. The van der Waals surface area contributed by atoms with Crippen LogP contribution in [0.5, 0.6) is 0 Å². The van der Waals surface area contributed by atoms with Crippen molar-refractivity contribution in [3.8, 4) is 0 Å². The van der Waals surface area contributed by atoms with Crippen LogP contribution in [-0.4, -0.2) is 17.9 Å². The summed E-state index contributed by atoms with van der Waals surface area (Å²) in [6.07, 6.45) is 0. The van der Waals surface area contributed by atoms with E-state index in [-0.39, 0.29) is 44.4 Å². The van der Waals surface area contributed by atoms with Gasteiger partial charge >= 0.3 is 12.0 Å². The third-order valence-corrected chi connectivity index (χ3v) is 7.78. The molecule has 0 saturated heterocycles. The molecule has 0 bridgehead atoms. The fourth-order valence-electron chi connectivity index (χ4n) is 4.27. The number of primary amides is 1. The maximum atomic E-state index is 14.3. The number of carbonyl (C=O) groups excluding carboxylic acids is 3. The van der Waals surface area contributed by atoms with Gasteiger partial charge in [0.05, 0.1) is 27.1 Å². The van der Waals surface area contributed by atoms with Gasteiger partial charge in [0, 0.05) is 5.56 Å². The number of imide groups is 1. The van der Waals surface area contributed by atoms with Gasteiger partial charge in [0.15, 0.2) is 5.76 Å². The molecule has 1 aliphatic heterocycles.